The van der Waals surface area contributed by atoms with E-state index in [2.05, 4.69) is 37.9 Å². The lowest BCUT2D eigenvalue weighted by molar-refractivity contribution is 0.230. The molecule has 4 heterocycles. The van der Waals surface area contributed by atoms with Crippen LogP contribution < -0.4 is 9.64 Å². The smallest absolute Gasteiger partial charge is 0.233 e. The maximum absolute atomic E-state index is 5.85. The number of para-hydroxylation sites is 1. The van der Waals surface area contributed by atoms with Gasteiger partial charge in [-0.05, 0) is 36.7 Å². The lowest BCUT2D eigenvalue weighted by atomic mass is 9.97. The summed E-state index contributed by atoms with van der Waals surface area (Å²) in [5.41, 5.74) is 2.05. The summed E-state index contributed by atoms with van der Waals surface area (Å²) >= 11 is 0. The summed E-state index contributed by atoms with van der Waals surface area (Å²) in [4.78, 5) is 14.0. The molecule has 1 fully saturated rings. The zero-order chi connectivity index (χ0) is 19.6. The minimum atomic E-state index is 0.0771. The highest BCUT2D eigenvalue weighted by Gasteiger charge is 2.26. The van der Waals surface area contributed by atoms with Crippen molar-refractivity contribution in [3.63, 3.8) is 0 Å². The molecule has 0 amide bonds. The molecule has 2 aliphatic heterocycles. The largest absolute Gasteiger partial charge is 0.492 e. The van der Waals surface area contributed by atoms with Gasteiger partial charge >= 0.3 is 0 Å². The number of likely N-dealkylation sites (N-methyl/N-ethyl adjacent to an activating group) is 1. The molecule has 1 atom stereocenters. The molecule has 2 aromatic heterocycles. The molecule has 2 aliphatic rings. The third kappa shape index (κ3) is 3.70. The number of benzene rings is 1. The maximum Gasteiger partial charge on any atom is 0.233 e. The number of hydrogen-bond donors (Lipinski definition) is 0. The fourth-order valence-corrected chi connectivity index (χ4v) is 4.00. The maximum atomic E-state index is 5.85. The van der Waals surface area contributed by atoms with Gasteiger partial charge in [-0.2, -0.15) is 4.98 Å². The van der Waals surface area contributed by atoms with Crippen molar-refractivity contribution in [2.24, 2.45) is 0 Å². The first kappa shape index (κ1) is 18.1. The molecule has 1 saturated heterocycles. The van der Waals surface area contributed by atoms with Crippen molar-refractivity contribution in [1.82, 2.24) is 20.0 Å². The molecule has 150 valence electrons. The van der Waals surface area contributed by atoms with Crippen molar-refractivity contribution >= 4 is 5.82 Å². The lowest BCUT2D eigenvalue weighted by Crippen LogP contribution is -2.46. The van der Waals surface area contributed by atoms with Gasteiger partial charge in [0.1, 0.15) is 18.2 Å². The van der Waals surface area contributed by atoms with Gasteiger partial charge in [-0.1, -0.05) is 30.3 Å². The average Bonchev–Trinajstić information content (AvgIpc) is 3.29. The second-order valence-corrected chi connectivity index (χ2v) is 7.60. The molecule has 1 unspecified atom stereocenters. The van der Waals surface area contributed by atoms with E-state index in [0.717, 1.165) is 56.3 Å². The molecular weight excluding hydrogens is 366 g/mol. The Kier molecular flexibility index (Phi) is 4.89. The number of pyridine rings is 1. The Labute approximate surface area is 170 Å². The predicted molar refractivity (Wildman–Crippen MR) is 110 cm³/mol. The van der Waals surface area contributed by atoms with E-state index in [9.17, 15) is 0 Å². The Hall–Kier alpha value is -2.93. The van der Waals surface area contributed by atoms with Crippen LogP contribution in [0.2, 0.25) is 0 Å². The summed E-state index contributed by atoms with van der Waals surface area (Å²) in [5, 5.41) is 4.18. The minimum absolute atomic E-state index is 0.0771. The topological polar surface area (TPSA) is 67.5 Å². The van der Waals surface area contributed by atoms with Gasteiger partial charge in [0.25, 0.3) is 0 Å². The number of rotatable bonds is 4. The number of aromatic nitrogens is 3. The Morgan fingerprint density at radius 1 is 1.07 bits per heavy atom. The average molecular weight is 391 g/mol. The predicted octanol–water partition coefficient (Wildman–Crippen LogP) is 2.99. The van der Waals surface area contributed by atoms with E-state index in [1.165, 1.54) is 5.56 Å². The van der Waals surface area contributed by atoms with Gasteiger partial charge in [0, 0.05) is 37.9 Å². The van der Waals surface area contributed by atoms with Crippen molar-refractivity contribution in [2.45, 2.75) is 19.3 Å². The minimum Gasteiger partial charge on any atom is -0.492 e. The molecule has 0 spiro atoms. The van der Waals surface area contributed by atoms with E-state index in [1.54, 1.807) is 0 Å². The number of hydrogen-bond acceptors (Lipinski definition) is 7. The summed E-state index contributed by atoms with van der Waals surface area (Å²) in [6.07, 6.45) is 2.68. The molecule has 0 bridgehead atoms. The molecule has 7 nitrogen and oxygen atoms in total. The Morgan fingerprint density at radius 3 is 2.72 bits per heavy atom. The number of fused-ring (bicyclic) bond motifs is 1. The van der Waals surface area contributed by atoms with Gasteiger partial charge in [0.15, 0.2) is 0 Å². The third-order valence-electron chi connectivity index (χ3n) is 5.82. The summed E-state index contributed by atoms with van der Waals surface area (Å²) < 4.78 is 11.4. The quantitative estimate of drug-likeness (QED) is 0.677. The Morgan fingerprint density at radius 2 is 1.93 bits per heavy atom. The summed E-state index contributed by atoms with van der Waals surface area (Å²) in [7, 11) is 0. The number of piperazine rings is 1. The summed E-state index contributed by atoms with van der Waals surface area (Å²) in [5.74, 6) is 3.23. The molecule has 0 saturated carbocycles. The fraction of sp³-hybridized carbons (Fsp3) is 0.409. The first-order valence-electron chi connectivity index (χ1n) is 10.3. The van der Waals surface area contributed by atoms with E-state index in [0.29, 0.717) is 18.3 Å². The number of ether oxygens (including phenoxy) is 1. The van der Waals surface area contributed by atoms with Crippen molar-refractivity contribution in [1.29, 1.82) is 0 Å². The van der Waals surface area contributed by atoms with Crippen LogP contribution in [0.3, 0.4) is 0 Å². The zero-order valence-corrected chi connectivity index (χ0v) is 16.6. The Bertz CT molecular complexity index is 963. The summed E-state index contributed by atoms with van der Waals surface area (Å²) in [6, 6.07) is 12.2. The number of anilines is 1. The second kappa shape index (κ2) is 7.83. The zero-order valence-electron chi connectivity index (χ0n) is 16.6. The lowest BCUT2D eigenvalue weighted by Gasteiger charge is -2.34. The van der Waals surface area contributed by atoms with E-state index < -0.39 is 0 Å². The normalized spacial score (nSPS) is 19.6. The van der Waals surface area contributed by atoms with E-state index in [-0.39, 0.29) is 5.92 Å². The van der Waals surface area contributed by atoms with Crippen LogP contribution in [-0.4, -0.2) is 59.4 Å². The molecule has 5 rings (SSSR count). The molecule has 0 aliphatic carbocycles. The van der Waals surface area contributed by atoms with Gasteiger partial charge < -0.3 is 19.1 Å². The van der Waals surface area contributed by atoms with Crippen molar-refractivity contribution in [3.8, 4) is 17.1 Å². The Balaban J connectivity index is 1.27. The SMILES string of the molecule is CCN1CCN(c2ccc(-c3noc(C4COc5ccccc5C4)n3)cn2)CC1. The van der Waals surface area contributed by atoms with E-state index >= 15 is 0 Å². The van der Waals surface area contributed by atoms with E-state index in [4.69, 9.17) is 9.26 Å². The standard InChI is InChI=1S/C22H25N5O2/c1-2-26-9-11-27(12-10-26)20-8-7-17(14-23-20)21-24-22(29-25-21)18-13-16-5-3-4-6-19(16)28-15-18/h3-8,14,18H,2,9-13,15H2,1H3. The first-order valence-corrected chi connectivity index (χ1v) is 10.3. The second-order valence-electron chi connectivity index (χ2n) is 7.60. The molecule has 29 heavy (non-hydrogen) atoms. The van der Waals surface area contributed by atoms with Crippen LogP contribution in [0.5, 0.6) is 5.75 Å². The van der Waals surface area contributed by atoms with Crippen molar-refractivity contribution in [3.05, 3.63) is 54.0 Å². The molecule has 0 N–H and O–H groups in total. The molecule has 0 radical (unpaired) electrons. The monoisotopic (exact) mass is 391 g/mol. The van der Waals surface area contributed by atoms with Crippen molar-refractivity contribution in [2.75, 3.05) is 44.2 Å². The molecule has 7 heteroatoms. The van der Waals surface area contributed by atoms with Gasteiger partial charge in [0.2, 0.25) is 11.7 Å². The molecule has 3 aromatic rings. The van der Waals surface area contributed by atoms with Crippen LogP contribution >= 0.6 is 0 Å². The van der Waals surface area contributed by atoms with Gasteiger partial charge in [-0.25, -0.2) is 4.98 Å². The van der Waals surface area contributed by atoms with Crippen LogP contribution in [-0.2, 0) is 6.42 Å². The van der Waals surface area contributed by atoms with Crippen molar-refractivity contribution < 1.29 is 9.26 Å². The fourth-order valence-electron chi connectivity index (χ4n) is 4.00. The van der Waals surface area contributed by atoms with E-state index in [1.807, 2.05) is 36.5 Å². The van der Waals surface area contributed by atoms with Crippen LogP contribution in [0, 0.1) is 0 Å². The van der Waals surface area contributed by atoms with Gasteiger partial charge in [-0.3, -0.25) is 0 Å². The highest BCUT2D eigenvalue weighted by atomic mass is 16.5. The van der Waals surface area contributed by atoms with Crippen LogP contribution in [0.4, 0.5) is 5.82 Å². The van der Waals surface area contributed by atoms with Gasteiger partial charge in [0.05, 0.1) is 5.92 Å². The van der Waals surface area contributed by atoms with Gasteiger partial charge in [-0.15, -0.1) is 0 Å². The molecular formula is C22H25N5O2. The highest BCUT2D eigenvalue weighted by molar-refractivity contribution is 5.56. The first-order chi connectivity index (χ1) is 14.3. The third-order valence-corrected chi connectivity index (χ3v) is 5.82. The van der Waals surface area contributed by atoms with Crippen LogP contribution in [0.1, 0.15) is 24.3 Å². The highest BCUT2D eigenvalue weighted by Crippen LogP contribution is 2.32. The molecule has 1 aromatic carbocycles. The summed E-state index contributed by atoms with van der Waals surface area (Å²) in [6.45, 7) is 8.06. The van der Waals surface area contributed by atoms with Crippen LogP contribution in [0.15, 0.2) is 47.1 Å². The van der Waals surface area contributed by atoms with Crippen LogP contribution in [0.25, 0.3) is 11.4 Å². The number of nitrogens with zero attached hydrogens (tertiary/aromatic N) is 5.